The van der Waals surface area contributed by atoms with Crippen molar-refractivity contribution in [2.24, 2.45) is 4.99 Å². The molecule has 0 saturated heterocycles. The largest absolute Gasteiger partial charge is 0.345 e. The number of fused-ring (bicyclic) bond motifs is 1. The molecule has 7 nitrogen and oxygen atoms in total. The third-order valence-electron chi connectivity index (χ3n) is 6.15. The third-order valence-corrected chi connectivity index (χ3v) is 6.15. The Balaban J connectivity index is 1.45. The van der Waals surface area contributed by atoms with E-state index in [2.05, 4.69) is 15.6 Å². The van der Waals surface area contributed by atoms with Crippen LogP contribution in [-0.4, -0.2) is 42.7 Å². The zero-order valence-corrected chi connectivity index (χ0v) is 20.5. The first-order valence-electron chi connectivity index (χ1n) is 12.1. The van der Waals surface area contributed by atoms with Gasteiger partial charge in [0, 0.05) is 24.6 Å². The molecule has 0 saturated carbocycles. The van der Waals surface area contributed by atoms with Crippen LogP contribution in [0.25, 0.3) is 0 Å². The van der Waals surface area contributed by atoms with Gasteiger partial charge in [0.1, 0.15) is 6.04 Å². The molecule has 1 heterocycles. The summed E-state index contributed by atoms with van der Waals surface area (Å²) in [6.07, 6.45) is 0.653. The lowest BCUT2D eigenvalue weighted by molar-refractivity contribution is -0.130. The van der Waals surface area contributed by atoms with Crippen LogP contribution in [0.15, 0.2) is 89.9 Å². The van der Waals surface area contributed by atoms with Crippen molar-refractivity contribution in [1.82, 2.24) is 10.6 Å². The summed E-state index contributed by atoms with van der Waals surface area (Å²) in [5.74, 6) is -1.04. The molecule has 0 unspecified atom stereocenters. The zero-order chi connectivity index (χ0) is 25.5. The van der Waals surface area contributed by atoms with Crippen molar-refractivity contribution in [2.75, 3.05) is 11.9 Å². The highest BCUT2D eigenvalue weighted by atomic mass is 16.2. The van der Waals surface area contributed by atoms with Crippen molar-refractivity contribution in [3.05, 3.63) is 102 Å². The number of aliphatic imine (C=N–C) groups is 1. The van der Waals surface area contributed by atoms with E-state index in [0.717, 1.165) is 17.5 Å². The Kier molecular flexibility index (Phi) is 7.90. The van der Waals surface area contributed by atoms with Gasteiger partial charge >= 0.3 is 0 Å². The average Bonchev–Trinajstić information content (AvgIpc) is 3.00. The van der Waals surface area contributed by atoms with Crippen LogP contribution in [0.1, 0.15) is 36.5 Å². The van der Waals surface area contributed by atoms with Crippen molar-refractivity contribution < 1.29 is 14.4 Å². The Morgan fingerprint density at radius 3 is 2.31 bits per heavy atom. The molecule has 0 fully saturated rings. The number of para-hydroxylation sites is 1. The summed E-state index contributed by atoms with van der Waals surface area (Å²) in [6, 6.07) is 26.2. The Bertz CT molecular complexity index is 1260. The number of aryl methyl sites for hydroxylation is 1. The van der Waals surface area contributed by atoms with E-state index in [9.17, 15) is 14.4 Å². The molecule has 0 aromatic heterocycles. The highest BCUT2D eigenvalue weighted by Crippen LogP contribution is 2.27. The minimum Gasteiger partial charge on any atom is -0.345 e. The fraction of sp³-hybridized carbons (Fsp3) is 0.241. The first-order valence-corrected chi connectivity index (χ1v) is 12.1. The average molecular weight is 483 g/mol. The predicted octanol–water partition coefficient (Wildman–Crippen LogP) is 3.47. The van der Waals surface area contributed by atoms with E-state index in [4.69, 9.17) is 0 Å². The summed E-state index contributed by atoms with van der Waals surface area (Å²) in [7, 11) is 1.67. The van der Waals surface area contributed by atoms with Gasteiger partial charge in [-0.25, -0.2) is 4.99 Å². The van der Waals surface area contributed by atoms with Gasteiger partial charge in [-0.05, 0) is 31.4 Å². The monoisotopic (exact) mass is 482 g/mol. The van der Waals surface area contributed by atoms with Crippen molar-refractivity contribution in [1.29, 1.82) is 0 Å². The van der Waals surface area contributed by atoms with Gasteiger partial charge in [-0.3, -0.25) is 14.4 Å². The number of rotatable bonds is 8. The predicted molar refractivity (Wildman–Crippen MR) is 141 cm³/mol. The van der Waals surface area contributed by atoms with Gasteiger partial charge in [0.15, 0.2) is 0 Å². The van der Waals surface area contributed by atoms with Crippen LogP contribution in [0.5, 0.6) is 0 Å². The highest BCUT2D eigenvalue weighted by molar-refractivity contribution is 6.20. The number of carbonyl (C=O) groups is 3. The molecule has 7 heteroatoms. The normalized spacial score (nSPS) is 15.8. The van der Waals surface area contributed by atoms with Crippen LogP contribution in [0.4, 0.5) is 5.69 Å². The standard InChI is InChI=1S/C29H30N4O3/c1-20(30-25(34)19-11-14-21-12-5-3-6-13-21)28(35)32-27-29(36)33(2)24-18-10-9-17-23(24)26(31-27)22-15-7-4-8-16-22/h3-10,12-13,15-18,20,27H,11,14,19H2,1-2H3,(H,30,34)(H,32,35)/t20-,27+/m0/s1. The maximum atomic E-state index is 13.3. The van der Waals surface area contributed by atoms with E-state index in [1.165, 1.54) is 10.5 Å². The number of anilines is 1. The van der Waals surface area contributed by atoms with Gasteiger partial charge in [-0.2, -0.15) is 0 Å². The SMILES string of the molecule is C[C@H](NC(=O)CCCc1ccccc1)C(=O)N[C@H]1N=C(c2ccccc2)c2ccccc2N(C)C1=O. The summed E-state index contributed by atoms with van der Waals surface area (Å²) >= 11 is 0. The minimum absolute atomic E-state index is 0.209. The Hall–Kier alpha value is -4.26. The van der Waals surface area contributed by atoms with Gasteiger partial charge in [-0.15, -0.1) is 0 Å². The maximum absolute atomic E-state index is 13.3. The molecule has 3 aromatic carbocycles. The second-order valence-corrected chi connectivity index (χ2v) is 8.80. The lowest BCUT2D eigenvalue weighted by Crippen LogP contribution is -2.52. The Labute approximate surface area is 211 Å². The van der Waals surface area contributed by atoms with E-state index < -0.39 is 18.1 Å². The molecule has 184 valence electrons. The summed E-state index contributed by atoms with van der Waals surface area (Å²) in [6.45, 7) is 1.60. The van der Waals surface area contributed by atoms with Gasteiger partial charge in [0.2, 0.25) is 18.0 Å². The number of nitrogens with zero attached hydrogens (tertiary/aromatic N) is 2. The van der Waals surface area contributed by atoms with E-state index in [1.54, 1.807) is 14.0 Å². The smallest absolute Gasteiger partial charge is 0.272 e. The fourth-order valence-electron chi connectivity index (χ4n) is 4.18. The van der Waals surface area contributed by atoms with E-state index in [0.29, 0.717) is 24.2 Å². The van der Waals surface area contributed by atoms with Crippen molar-refractivity contribution in [3.8, 4) is 0 Å². The van der Waals surface area contributed by atoms with Crippen LogP contribution in [0.3, 0.4) is 0 Å². The maximum Gasteiger partial charge on any atom is 0.272 e. The number of amides is 3. The van der Waals surface area contributed by atoms with Crippen molar-refractivity contribution >= 4 is 29.1 Å². The molecule has 4 rings (SSSR count). The quantitative estimate of drug-likeness (QED) is 0.515. The summed E-state index contributed by atoms with van der Waals surface area (Å²) < 4.78 is 0. The highest BCUT2D eigenvalue weighted by Gasteiger charge is 2.32. The molecule has 1 aliphatic heterocycles. The Morgan fingerprint density at radius 1 is 0.944 bits per heavy atom. The van der Waals surface area contributed by atoms with Gasteiger partial charge in [0.25, 0.3) is 5.91 Å². The van der Waals surface area contributed by atoms with E-state index in [1.807, 2.05) is 84.9 Å². The molecule has 2 atom stereocenters. The molecule has 0 bridgehead atoms. The number of hydrogen-bond donors (Lipinski definition) is 2. The number of nitrogens with one attached hydrogen (secondary N) is 2. The first-order chi connectivity index (χ1) is 17.4. The van der Waals surface area contributed by atoms with E-state index >= 15 is 0 Å². The molecule has 2 N–H and O–H groups in total. The molecule has 36 heavy (non-hydrogen) atoms. The van der Waals surface area contributed by atoms with Crippen molar-refractivity contribution in [3.63, 3.8) is 0 Å². The van der Waals surface area contributed by atoms with Gasteiger partial charge < -0.3 is 15.5 Å². The van der Waals surface area contributed by atoms with Gasteiger partial charge in [0.05, 0.1) is 11.4 Å². The van der Waals surface area contributed by atoms with Crippen LogP contribution in [-0.2, 0) is 20.8 Å². The molecule has 0 radical (unpaired) electrons. The first kappa shape index (κ1) is 24.9. The number of carbonyl (C=O) groups excluding carboxylic acids is 3. The fourth-order valence-corrected chi connectivity index (χ4v) is 4.18. The second-order valence-electron chi connectivity index (χ2n) is 8.80. The third kappa shape index (κ3) is 5.86. The number of benzene rings is 3. The van der Waals surface area contributed by atoms with E-state index in [-0.39, 0.29) is 11.8 Å². The van der Waals surface area contributed by atoms with Crippen molar-refractivity contribution in [2.45, 2.75) is 38.4 Å². The molecular formula is C29H30N4O3. The van der Waals surface area contributed by atoms with Crippen LogP contribution < -0.4 is 15.5 Å². The van der Waals surface area contributed by atoms with Crippen LogP contribution in [0, 0.1) is 0 Å². The molecule has 3 amide bonds. The lowest BCUT2D eigenvalue weighted by Gasteiger charge is -2.22. The molecule has 0 aliphatic carbocycles. The van der Waals surface area contributed by atoms with Crippen LogP contribution in [0.2, 0.25) is 0 Å². The number of likely N-dealkylation sites (N-methyl/N-ethyl adjacent to an activating group) is 1. The summed E-state index contributed by atoms with van der Waals surface area (Å²) in [4.78, 5) is 44.8. The minimum atomic E-state index is -1.12. The number of benzodiazepines with no additional fused rings is 1. The molecule has 0 spiro atoms. The Morgan fingerprint density at radius 2 is 1.58 bits per heavy atom. The second kappa shape index (κ2) is 11.4. The zero-order valence-electron chi connectivity index (χ0n) is 20.5. The summed E-state index contributed by atoms with van der Waals surface area (Å²) in [5, 5.41) is 5.46. The summed E-state index contributed by atoms with van der Waals surface area (Å²) in [5.41, 5.74) is 4.14. The molecule has 3 aromatic rings. The molecule has 1 aliphatic rings. The van der Waals surface area contributed by atoms with Crippen LogP contribution >= 0.6 is 0 Å². The topological polar surface area (TPSA) is 90.9 Å². The van der Waals surface area contributed by atoms with Gasteiger partial charge in [-0.1, -0.05) is 78.9 Å². The molecular weight excluding hydrogens is 452 g/mol. The number of hydrogen-bond acceptors (Lipinski definition) is 4. The lowest BCUT2D eigenvalue weighted by atomic mass is 10.0.